The molecule has 2 saturated heterocycles. The first-order chi connectivity index (χ1) is 25.4. The molecule has 52 heavy (non-hydrogen) atoms. The van der Waals surface area contributed by atoms with Crippen molar-refractivity contribution in [1.82, 2.24) is 25.1 Å². The van der Waals surface area contributed by atoms with Crippen LogP contribution in [0.3, 0.4) is 0 Å². The molecule has 4 heterocycles. The van der Waals surface area contributed by atoms with Crippen LogP contribution in [0.5, 0.6) is 0 Å². The van der Waals surface area contributed by atoms with Gasteiger partial charge in [-0.1, -0.05) is 66.2 Å². The smallest absolute Gasteiger partial charge is 0.407 e. The number of piperidine rings is 1. The third-order valence-corrected chi connectivity index (χ3v) is 11.0. The van der Waals surface area contributed by atoms with Crippen molar-refractivity contribution in [3.05, 3.63) is 107 Å². The topological polar surface area (TPSA) is 121 Å². The van der Waals surface area contributed by atoms with Gasteiger partial charge in [0.2, 0.25) is 0 Å². The van der Waals surface area contributed by atoms with Gasteiger partial charge in [0, 0.05) is 37.2 Å². The van der Waals surface area contributed by atoms with E-state index in [0.717, 1.165) is 31.2 Å². The van der Waals surface area contributed by atoms with E-state index in [2.05, 4.69) is 10.2 Å². The Morgan fingerprint density at radius 3 is 2.65 bits per heavy atom. The van der Waals surface area contributed by atoms with Crippen molar-refractivity contribution < 1.29 is 28.2 Å². The van der Waals surface area contributed by atoms with Crippen LogP contribution in [0.1, 0.15) is 53.4 Å². The molecule has 1 aliphatic carbocycles. The second-order valence-electron chi connectivity index (χ2n) is 13.6. The highest BCUT2D eigenvalue weighted by molar-refractivity contribution is 6.34. The number of ether oxygens (including phenoxy) is 3. The number of nitrogens with one attached hydrogen (secondary N) is 1. The molecule has 268 valence electrons. The third-order valence-electron chi connectivity index (χ3n) is 10.7. The minimum atomic E-state index is -0.596. The number of methoxy groups -OCH3 is 1. The lowest BCUT2D eigenvalue weighted by Crippen LogP contribution is -2.36. The molecule has 0 spiro atoms. The number of halogens is 2. The molecule has 5 aromatic rings. The maximum atomic E-state index is 15.5. The summed E-state index contributed by atoms with van der Waals surface area (Å²) < 4.78 is 33.8. The monoisotopic (exact) mass is 724 g/mol. The largest absolute Gasteiger partial charge is 0.465 e. The average molecular weight is 725 g/mol. The van der Waals surface area contributed by atoms with Crippen molar-refractivity contribution in [1.29, 1.82) is 0 Å². The molecular formula is C39H38ClFN6O5. The number of rotatable bonds is 9. The lowest BCUT2D eigenvalue weighted by Gasteiger charge is -2.27. The van der Waals surface area contributed by atoms with Crippen molar-refractivity contribution in [3.8, 4) is 11.3 Å². The number of aromatic nitrogens is 4. The second-order valence-corrected chi connectivity index (χ2v) is 14.0. The van der Waals surface area contributed by atoms with E-state index in [-0.39, 0.29) is 37.0 Å². The summed E-state index contributed by atoms with van der Waals surface area (Å²) in [6, 6.07) is 21.3. The number of hydrogen-bond acceptors (Lipinski definition) is 9. The number of carbonyl (C=O) groups excluding carboxylic acids is 2. The summed E-state index contributed by atoms with van der Waals surface area (Å²) >= 11 is 6.71. The fourth-order valence-corrected chi connectivity index (χ4v) is 8.35. The standard InChI is InChI=1S/C39H38ClFN6O5/c1-50-37(48)25-14-15-26(30(40)19-25)34-35-36(47(45-34)33-13-7-8-18-51-33)44-32(20-42-35)46-17-16-27-29(21-46)39(27,28-11-5-6-12-31(28)41)23-43-38(49)52-22-24-9-3-2-4-10-24/h2-6,9-12,14-15,19-20,27,29,33H,7-8,13,16-18,21-23H2,1H3,(H,43,49)/t27-,29?,33?,39-/m1/s1. The Morgan fingerprint density at radius 2 is 1.88 bits per heavy atom. The van der Waals surface area contributed by atoms with Crippen LogP contribution in [0.25, 0.3) is 22.4 Å². The van der Waals surface area contributed by atoms with E-state index in [1.807, 2.05) is 42.5 Å². The Bertz CT molecular complexity index is 2130. The fraction of sp³-hybridized carbons (Fsp3) is 0.359. The number of hydrogen-bond donors (Lipinski definition) is 1. The average Bonchev–Trinajstić information content (AvgIpc) is 3.67. The maximum Gasteiger partial charge on any atom is 0.407 e. The molecule has 3 aromatic carbocycles. The van der Waals surface area contributed by atoms with E-state index in [4.69, 9.17) is 40.9 Å². The van der Waals surface area contributed by atoms with Gasteiger partial charge in [-0.25, -0.2) is 28.6 Å². The summed E-state index contributed by atoms with van der Waals surface area (Å²) in [5.41, 5.74) is 3.50. The van der Waals surface area contributed by atoms with Gasteiger partial charge in [-0.05, 0) is 66.8 Å². The lowest BCUT2D eigenvalue weighted by atomic mass is 9.90. The summed E-state index contributed by atoms with van der Waals surface area (Å²) in [5.74, 6) is 0.118. The van der Waals surface area contributed by atoms with Crippen molar-refractivity contribution in [2.45, 2.75) is 43.9 Å². The van der Waals surface area contributed by atoms with E-state index >= 15 is 4.39 Å². The van der Waals surface area contributed by atoms with Crippen molar-refractivity contribution in [2.24, 2.45) is 11.8 Å². The summed E-state index contributed by atoms with van der Waals surface area (Å²) in [6.45, 7) is 2.29. The van der Waals surface area contributed by atoms with Gasteiger partial charge in [-0.3, -0.25) is 0 Å². The summed E-state index contributed by atoms with van der Waals surface area (Å²) in [6.07, 6.45) is 4.39. The van der Waals surface area contributed by atoms with E-state index in [1.165, 1.54) is 13.2 Å². The van der Waals surface area contributed by atoms with Crippen molar-refractivity contribution in [3.63, 3.8) is 0 Å². The van der Waals surface area contributed by atoms with Crippen LogP contribution in [-0.2, 0) is 26.2 Å². The fourth-order valence-electron chi connectivity index (χ4n) is 8.08. The Morgan fingerprint density at radius 1 is 1.06 bits per heavy atom. The zero-order valence-electron chi connectivity index (χ0n) is 28.6. The van der Waals surface area contributed by atoms with Gasteiger partial charge in [0.25, 0.3) is 0 Å². The predicted molar refractivity (Wildman–Crippen MR) is 192 cm³/mol. The van der Waals surface area contributed by atoms with Crippen LogP contribution < -0.4 is 10.2 Å². The highest BCUT2D eigenvalue weighted by Crippen LogP contribution is 2.63. The zero-order valence-corrected chi connectivity index (χ0v) is 29.4. The van der Waals surface area contributed by atoms with Gasteiger partial charge >= 0.3 is 12.1 Å². The number of carbonyl (C=O) groups is 2. The highest BCUT2D eigenvalue weighted by Gasteiger charge is 2.67. The molecule has 3 fully saturated rings. The number of fused-ring (bicyclic) bond motifs is 2. The number of nitrogens with zero attached hydrogens (tertiary/aromatic N) is 5. The second kappa shape index (κ2) is 14.2. The number of anilines is 1. The quantitative estimate of drug-likeness (QED) is 0.159. The Labute approximate surface area is 305 Å². The Balaban J connectivity index is 1.08. The summed E-state index contributed by atoms with van der Waals surface area (Å²) in [7, 11) is 1.32. The Hall–Kier alpha value is -5.07. The van der Waals surface area contributed by atoms with E-state index < -0.39 is 17.5 Å². The van der Waals surface area contributed by atoms with Gasteiger partial charge in [0.05, 0.1) is 23.9 Å². The van der Waals surface area contributed by atoms with Crippen LogP contribution >= 0.6 is 11.6 Å². The third kappa shape index (κ3) is 6.23. The molecule has 2 unspecified atom stereocenters. The molecule has 11 nitrogen and oxygen atoms in total. The molecule has 8 rings (SSSR count). The maximum absolute atomic E-state index is 15.5. The first-order valence-electron chi connectivity index (χ1n) is 17.6. The van der Waals surface area contributed by atoms with Crippen LogP contribution in [0.15, 0.2) is 79.0 Å². The van der Waals surface area contributed by atoms with Gasteiger partial charge in [-0.2, -0.15) is 5.10 Å². The normalized spacial score (nSPS) is 22.4. The Kier molecular flexibility index (Phi) is 9.27. The molecular weight excluding hydrogens is 687 g/mol. The molecule has 0 radical (unpaired) electrons. The van der Waals surface area contributed by atoms with Crippen molar-refractivity contribution >= 4 is 40.6 Å². The number of benzene rings is 3. The molecule has 1 amide bonds. The molecule has 1 saturated carbocycles. The number of esters is 1. The van der Waals surface area contributed by atoms with Gasteiger partial charge < -0.3 is 24.4 Å². The predicted octanol–water partition coefficient (Wildman–Crippen LogP) is 7.09. The molecule has 1 N–H and O–H groups in total. The van der Waals surface area contributed by atoms with E-state index in [1.54, 1.807) is 35.1 Å². The van der Waals surface area contributed by atoms with Crippen LogP contribution in [0.4, 0.5) is 15.0 Å². The molecule has 3 aliphatic rings. The first kappa shape index (κ1) is 34.0. The first-order valence-corrected chi connectivity index (χ1v) is 17.9. The molecule has 0 bridgehead atoms. The number of alkyl carbamates (subject to hydrolysis) is 1. The van der Waals surface area contributed by atoms with Crippen LogP contribution in [0, 0.1) is 17.7 Å². The summed E-state index contributed by atoms with van der Waals surface area (Å²) in [4.78, 5) is 37.2. The van der Waals surface area contributed by atoms with E-state index in [0.29, 0.717) is 64.1 Å². The highest BCUT2D eigenvalue weighted by atomic mass is 35.5. The van der Waals surface area contributed by atoms with Gasteiger partial charge in [0.15, 0.2) is 11.9 Å². The minimum Gasteiger partial charge on any atom is -0.465 e. The van der Waals surface area contributed by atoms with E-state index in [9.17, 15) is 9.59 Å². The molecule has 13 heteroatoms. The summed E-state index contributed by atoms with van der Waals surface area (Å²) in [5, 5.41) is 8.25. The molecule has 2 aliphatic heterocycles. The SMILES string of the molecule is COC(=O)c1ccc(-c2nn(C3CCCCO3)c3nc(N4CC[C@@H]5C(C4)[C@@]5(CNC(=O)OCc4ccccc4)c4ccccc4F)cnc23)c(Cl)c1. The minimum absolute atomic E-state index is 0.0550. The number of amides is 1. The lowest BCUT2D eigenvalue weighted by molar-refractivity contribution is -0.0368. The van der Waals surface area contributed by atoms with Crippen LogP contribution in [-0.4, -0.2) is 65.2 Å². The molecule has 4 atom stereocenters. The van der Waals surface area contributed by atoms with Gasteiger partial charge in [-0.15, -0.1) is 0 Å². The molecule has 2 aromatic heterocycles. The zero-order chi connectivity index (χ0) is 35.8. The van der Waals surface area contributed by atoms with Gasteiger partial charge in [0.1, 0.15) is 29.5 Å². The van der Waals surface area contributed by atoms with Crippen LogP contribution in [0.2, 0.25) is 5.02 Å². The van der Waals surface area contributed by atoms with Crippen molar-refractivity contribution in [2.75, 3.05) is 38.3 Å².